The second-order valence-corrected chi connectivity index (χ2v) is 5.87. The van der Waals surface area contributed by atoms with Gasteiger partial charge >= 0.3 is 0 Å². The molecular formula is C18H27IN4O2. The minimum Gasteiger partial charge on any atom is -0.379 e. The first kappa shape index (κ1) is 21.7. The molecule has 1 fully saturated rings. The molecule has 0 amide bonds. The molecule has 0 radical (unpaired) electrons. The summed E-state index contributed by atoms with van der Waals surface area (Å²) in [6, 6.07) is 9.76. The molecule has 2 unspecified atom stereocenters. The number of guanidine groups is 1. The van der Waals surface area contributed by atoms with Crippen LogP contribution in [0.2, 0.25) is 0 Å². The van der Waals surface area contributed by atoms with Crippen molar-refractivity contribution in [1.29, 1.82) is 5.26 Å². The predicted octanol–water partition coefficient (Wildman–Crippen LogP) is 2.43. The van der Waals surface area contributed by atoms with Crippen molar-refractivity contribution in [3.05, 3.63) is 35.4 Å². The average molecular weight is 458 g/mol. The minimum absolute atomic E-state index is 0. The lowest BCUT2D eigenvalue weighted by Crippen LogP contribution is -2.44. The quantitative estimate of drug-likeness (QED) is 0.373. The Labute approximate surface area is 167 Å². The molecule has 1 aliphatic rings. The molecule has 7 heteroatoms. The van der Waals surface area contributed by atoms with E-state index in [2.05, 4.69) is 28.6 Å². The van der Waals surface area contributed by atoms with Crippen molar-refractivity contribution < 1.29 is 9.47 Å². The van der Waals surface area contributed by atoms with Gasteiger partial charge in [0.05, 0.1) is 37.5 Å². The highest BCUT2D eigenvalue weighted by Gasteiger charge is 2.17. The van der Waals surface area contributed by atoms with Gasteiger partial charge in [-0.2, -0.15) is 5.26 Å². The molecule has 1 aliphatic heterocycles. The number of nitriles is 1. The lowest BCUT2D eigenvalue weighted by Gasteiger charge is -2.19. The standard InChI is InChI=1S/C18H26N4O2.HI/c1-3-20-18(21-11-16-6-4-15(10-19)5-7-16)22-14(2)12-24-17-8-9-23-13-17;/h4-7,14,17H,3,8-9,11-13H2,1-2H3,(H2,20,21,22);1H. The van der Waals surface area contributed by atoms with Gasteiger partial charge in [0.1, 0.15) is 0 Å². The summed E-state index contributed by atoms with van der Waals surface area (Å²) in [5.41, 5.74) is 1.73. The highest BCUT2D eigenvalue weighted by Crippen LogP contribution is 2.08. The van der Waals surface area contributed by atoms with Crippen molar-refractivity contribution >= 4 is 29.9 Å². The van der Waals surface area contributed by atoms with E-state index in [0.29, 0.717) is 25.3 Å². The maximum atomic E-state index is 8.83. The molecule has 1 heterocycles. The molecule has 2 rings (SSSR count). The second kappa shape index (κ2) is 12.1. The average Bonchev–Trinajstić information content (AvgIpc) is 3.12. The lowest BCUT2D eigenvalue weighted by molar-refractivity contribution is 0.0347. The summed E-state index contributed by atoms with van der Waals surface area (Å²) in [7, 11) is 0. The number of benzene rings is 1. The van der Waals surface area contributed by atoms with Crippen LogP contribution in [0, 0.1) is 11.3 Å². The van der Waals surface area contributed by atoms with Crippen molar-refractivity contribution in [1.82, 2.24) is 10.6 Å². The third-order valence-electron chi connectivity index (χ3n) is 3.70. The topological polar surface area (TPSA) is 78.7 Å². The van der Waals surface area contributed by atoms with Gasteiger partial charge in [-0.05, 0) is 38.0 Å². The zero-order chi connectivity index (χ0) is 17.2. The van der Waals surface area contributed by atoms with Crippen molar-refractivity contribution in [2.24, 2.45) is 4.99 Å². The first-order valence-corrected chi connectivity index (χ1v) is 8.44. The number of nitrogens with one attached hydrogen (secondary N) is 2. The first-order valence-electron chi connectivity index (χ1n) is 8.44. The highest BCUT2D eigenvalue weighted by atomic mass is 127. The van der Waals surface area contributed by atoms with Crippen LogP contribution in [0.25, 0.3) is 0 Å². The number of rotatable bonds is 7. The fourth-order valence-electron chi connectivity index (χ4n) is 2.37. The molecule has 1 aromatic rings. The van der Waals surface area contributed by atoms with Gasteiger partial charge < -0.3 is 20.1 Å². The summed E-state index contributed by atoms with van der Waals surface area (Å²) in [6.07, 6.45) is 1.19. The zero-order valence-electron chi connectivity index (χ0n) is 14.8. The fourth-order valence-corrected chi connectivity index (χ4v) is 2.37. The van der Waals surface area contributed by atoms with Gasteiger partial charge in [0.2, 0.25) is 0 Å². The molecule has 0 saturated carbocycles. The molecule has 6 nitrogen and oxygen atoms in total. The molecule has 138 valence electrons. The molecule has 0 spiro atoms. The number of hydrogen-bond donors (Lipinski definition) is 2. The van der Waals surface area contributed by atoms with Crippen LogP contribution in [-0.4, -0.2) is 44.5 Å². The maximum absolute atomic E-state index is 8.83. The van der Waals surface area contributed by atoms with Crippen LogP contribution in [0.3, 0.4) is 0 Å². The molecule has 2 atom stereocenters. The number of aliphatic imine (C=N–C) groups is 1. The molecule has 25 heavy (non-hydrogen) atoms. The van der Waals surface area contributed by atoms with Crippen molar-refractivity contribution in [3.8, 4) is 6.07 Å². The zero-order valence-corrected chi connectivity index (χ0v) is 17.2. The minimum atomic E-state index is 0. The Kier molecular flexibility index (Phi) is 10.5. The monoisotopic (exact) mass is 458 g/mol. The van der Waals surface area contributed by atoms with Crippen LogP contribution in [0.15, 0.2) is 29.3 Å². The Hall–Kier alpha value is -1.37. The van der Waals surface area contributed by atoms with Gasteiger partial charge in [-0.3, -0.25) is 0 Å². The van der Waals surface area contributed by atoms with Crippen molar-refractivity contribution in [2.45, 2.75) is 39.0 Å². The summed E-state index contributed by atoms with van der Waals surface area (Å²) in [4.78, 5) is 4.59. The van der Waals surface area contributed by atoms with Crippen LogP contribution >= 0.6 is 24.0 Å². The van der Waals surface area contributed by atoms with E-state index in [9.17, 15) is 0 Å². The summed E-state index contributed by atoms with van der Waals surface area (Å²) >= 11 is 0. The van der Waals surface area contributed by atoms with Crippen molar-refractivity contribution in [2.75, 3.05) is 26.4 Å². The van der Waals surface area contributed by atoms with E-state index in [-0.39, 0.29) is 36.1 Å². The van der Waals surface area contributed by atoms with Crippen LogP contribution in [-0.2, 0) is 16.0 Å². The van der Waals surface area contributed by atoms with E-state index in [1.54, 1.807) is 0 Å². The third-order valence-corrected chi connectivity index (χ3v) is 3.70. The van der Waals surface area contributed by atoms with E-state index < -0.39 is 0 Å². The van der Waals surface area contributed by atoms with Crippen LogP contribution < -0.4 is 10.6 Å². The van der Waals surface area contributed by atoms with E-state index in [1.165, 1.54) is 0 Å². The summed E-state index contributed by atoms with van der Waals surface area (Å²) < 4.78 is 11.1. The van der Waals surface area contributed by atoms with Crippen LogP contribution in [0.4, 0.5) is 0 Å². The molecule has 0 bridgehead atoms. The molecular weight excluding hydrogens is 431 g/mol. The Morgan fingerprint density at radius 2 is 2.20 bits per heavy atom. The van der Waals surface area contributed by atoms with Gasteiger partial charge in [-0.25, -0.2) is 4.99 Å². The van der Waals surface area contributed by atoms with Gasteiger partial charge in [-0.1, -0.05) is 12.1 Å². The highest BCUT2D eigenvalue weighted by molar-refractivity contribution is 14.0. The van der Waals surface area contributed by atoms with Crippen molar-refractivity contribution in [3.63, 3.8) is 0 Å². The Morgan fingerprint density at radius 3 is 2.80 bits per heavy atom. The number of hydrogen-bond acceptors (Lipinski definition) is 4. The van der Waals surface area contributed by atoms with Crippen LogP contribution in [0.1, 0.15) is 31.4 Å². The maximum Gasteiger partial charge on any atom is 0.191 e. The van der Waals surface area contributed by atoms with Gasteiger partial charge in [0.15, 0.2) is 5.96 Å². The van der Waals surface area contributed by atoms with Gasteiger partial charge in [-0.15, -0.1) is 24.0 Å². The summed E-state index contributed by atoms with van der Waals surface area (Å²) in [6.45, 7) is 7.57. The Bertz CT molecular complexity index is 565. The lowest BCUT2D eigenvalue weighted by atomic mass is 10.1. The first-order chi connectivity index (χ1) is 11.7. The van der Waals surface area contributed by atoms with Gasteiger partial charge in [0.25, 0.3) is 0 Å². The molecule has 1 saturated heterocycles. The van der Waals surface area contributed by atoms with Gasteiger partial charge in [0, 0.05) is 19.2 Å². The predicted molar refractivity (Wildman–Crippen MR) is 109 cm³/mol. The number of halogens is 1. The Morgan fingerprint density at radius 1 is 1.44 bits per heavy atom. The Balaban J connectivity index is 0.00000312. The molecule has 0 aromatic heterocycles. The number of nitrogens with zero attached hydrogens (tertiary/aromatic N) is 2. The normalized spacial score (nSPS) is 18.1. The number of ether oxygens (including phenoxy) is 2. The van der Waals surface area contributed by atoms with E-state index in [0.717, 1.165) is 31.1 Å². The SMILES string of the molecule is CCNC(=NCc1ccc(C#N)cc1)NC(C)COC1CCOC1.I. The third kappa shape index (κ3) is 8.03. The second-order valence-electron chi connectivity index (χ2n) is 5.87. The summed E-state index contributed by atoms with van der Waals surface area (Å²) in [5, 5.41) is 15.4. The molecule has 0 aliphatic carbocycles. The van der Waals surface area contributed by atoms with E-state index in [1.807, 2.05) is 31.2 Å². The van der Waals surface area contributed by atoms with E-state index >= 15 is 0 Å². The molecule has 2 N–H and O–H groups in total. The fraction of sp³-hybridized carbons (Fsp3) is 0.556. The van der Waals surface area contributed by atoms with Crippen LogP contribution in [0.5, 0.6) is 0 Å². The molecule has 1 aromatic carbocycles. The largest absolute Gasteiger partial charge is 0.379 e. The smallest absolute Gasteiger partial charge is 0.191 e. The van der Waals surface area contributed by atoms with E-state index in [4.69, 9.17) is 14.7 Å². The summed E-state index contributed by atoms with van der Waals surface area (Å²) in [5.74, 6) is 0.764.